The molecular formula is C9H3F8O4S-. The fourth-order valence-electron chi connectivity index (χ4n) is 1.48. The lowest BCUT2D eigenvalue weighted by Crippen LogP contribution is -2.19. The lowest BCUT2D eigenvalue weighted by molar-refractivity contribution is -0.777. The molecule has 4 nitrogen and oxygen atoms in total. The van der Waals surface area contributed by atoms with Gasteiger partial charge >= 0.3 is 12.4 Å². The Bertz CT molecular complexity index is 515. The molecule has 0 aromatic heterocycles. The Morgan fingerprint density at radius 2 is 1.32 bits per heavy atom. The molecule has 0 aliphatic heterocycles. The summed E-state index contributed by atoms with van der Waals surface area (Å²) in [6.07, 6.45) is -11.3. The van der Waals surface area contributed by atoms with E-state index in [1.165, 1.54) is 0 Å². The van der Waals surface area contributed by atoms with E-state index >= 15 is 0 Å². The molecule has 1 aromatic carbocycles. The second-order valence-electron chi connectivity index (χ2n) is 3.46. The number of hydrogen-bond acceptors (Lipinski definition) is 5. The van der Waals surface area contributed by atoms with Gasteiger partial charge in [0.2, 0.25) is 0 Å². The fourth-order valence-corrected chi connectivity index (χ4v) is 1.93. The van der Waals surface area contributed by atoms with Gasteiger partial charge in [-0.3, -0.25) is 5.04 Å². The highest BCUT2D eigenvalue weighted by Crippen LogP contribution is 2.49. The monoisotopic (exact) mass is 359 g/mol. The topological polar surface area (TPSA) is 50.8 Å². The number of ether oxygens (including phenoxy) is 1. The third-order valence-electron chi connectivity index (χ3n) is 2.21. The highest BCUT2D eigenvalue weighted by molar-refractivity contribution is 7.94. The number of halogens is 8. The summed E-state index contributed by atoms with van der Waals surface area (Å²) >= 11 is -0.787. The van der Waals surface area contributed by atoms with Crippen molar-refractivity contribution < 1.29 is 54.5 Å². The average molecular weight is 359 g/mol. The molecule has 0 bridgehead atoms. The van der Waals surface area contributed by atoms with Gasteiger partial charge in [0.15, 0.2) is 11.6 Å². The van der Waals surface area contributed by atoms with Gasteiger partial charge in [0.1, 0.15) is 21.8 Å². The number of benzene rings is 1. The van der Waals surface area contributed by atoms with E-state index in [0.29, 0.717) is 7.11 Å². The highest BCUT2D eigenvalue weighted by atomic mass is 32.2. The van der Waals surface area contributed by atoms with Crippen molar-refractivity contribution in [3.05, 3.63) is 22.8 Å². The maximum atomic E-state index is 13.7. The van der Waals surface area contributed by atoms with Crippen molar-refractivity contribution >= 4 is 12.0 Å². The Morgan fingerprint density at radius 1 is 0.909 bits per heavy atom. The van der Waals surface area contributed by atoms with E-state index < -0.39 is 57.8 Å². The van der Waals surface area contributed by atoms with Gasteiger partial charge < -0.3 is 9.99 Å². The molecule has 0 aliphatic carbocycles. The molecule has 13 heteroatoms. The molecule has 1 aromatic rings. The molecule has 0 radical (unpaired) electrons. The lowest BCUT2D eigenvalue weighted by atomic mass is 10.1. The van der Waals surface area contributed by atoms with Crippen LogP contribution >= 0.6 is 12.0 Å². The highest BCUT2D eigenvalue weighted by Gasteiger charge is 2.48. The smallest absolute Gasteiger partial charge is 0.422 e. The molecule has 0 heterocycles. The van der Waals surface area contributed by atoms with E-state index in [1.807, 2.05) is 0 Å². The minimum Gasteiger partial charge on any atom is -0.691 e. The van der Waals surface area contributed by atoms with Gasteiger partial charge in [-0.15, -0.1) is 0 Å². The van der Waals surface area contributed by atoms with Crippen LogP contribution in [0.4, 0.5) is 35.1 Å². The number of hydrogen-bond donors (Lipinski definition) is 0. The summed E-state index contributed by atoms with van der Waals surface area (Å²) in [7, 11) is 0.378. The summed E-state index contributed by atoms with van der Waals surface area (Å²) in [4.78, 5) is -1.86. The average Bonchev–Trinajstić information content (AvgIpc) is 2.34. The second-order valence-corrected chi connectivity index (χ2v) is 4.17. The zero-order chi connectivity index (χ0) is 17.3. The molecule has 0 N–H and O–H groups in total. The first-order valence-electron chi connectivity index (χ1n) is 4.83. The molecular weight excluding hydrogens is 356 g/mol. The Hall–Kier alpha value is -1.31. The Morgan fingerprint density at radius 3 is 1.59 bits per heavy atom. The van der Waals surface area contributed by atoms with Crippen LogP contribution in [0.3, 0.4) is 0 Å². The number of methoxy groups -OCH3 is 1. The van der Waals surface area contributed by atoms with E-state index in [4.69, 9.17) is 0 Å². The van der Waals surface area contributed by atoms with Crippen LogP contribution in [-0.2, 0) is 21.7 Å². The summed E-state index contributed by atoms with van der Waals surface area (Å²) in [5.74, 6) is -6.98. The minimum absolute atomic E-state index is 0.378. The first kappa shape index (κ1) is 18.7. The van der Waals surface area contributed by atoms with Gasteiger partial charge in [0.05, 0.1) is 19.2 Å². The van der Waals surface area contributed by atoms with Crippen molar-refractivity contribution in [2.75, 3.05) is 7.11 Å². The Kier molecular flexibility index (Phi) is 5.48. The van der Waals surface area contributed by atoms with Crippen LogP contribution in [-0.4, -0.2) is 7.11 Å². The van der Waals surface area contributed by atoms with Gasteiger partial charge in [-0.2, -0.15) is 30.7 Å². The van der Waals surface area contributed by atoms with Gasteiger partial charge in [-0.05, 0) is 0 Å². The first-order valence-corrected chi connectivity index (χ1v) is 5.57. The zero-order valence-corrected chi connectivity index (χ0v) is 10.9. The van der Waals surface area contributed by atoms with Crippen molar-refractivity contribution in [1.29, 1.82) is 0 Å². The quantitative estimate of drug-likeness (QED) is 0.358. The maximum absolute atomic E-state index is 13.7. The molecule has 0 atom stereocenters. The van der Waals surface area contributed by atoms with Crippen molar-refractivity contribution in [3.63, 3.8) is 0 Å². The van der Waals surface area contributed by atoms with Crippen LogP contribution in [0, 0.1) is 11.6 Å². The molecule has 0 unspecified atom stereocenters. The fraction of sp³-hybridized carbons (Fsp3) is 0.333. The molecule has 0 saturated heterocycles. The van der Waals surface area contributed by atoms with Crippen LogP contribution < -0.4 is 9.99 Å². The molecule has 0 spiro atoms. The van der Waals surface area contributed by atoms with Crippen LogP contribution in [0.5, 0.6) is 5.75 Å². The molecule has 22 heavy (non-hydrogen) atoms. The van der Waals surface area contributed by atoms with Gasteiger partial charge in [0, 0.05) is 0 Å². The molecule has 126 valence electrons. The van der Waals surface area contributed by atoms with Crippen molar-refractivity contribution in [1.82, 2.24) is 0 Å². The van der Waals surface area contributed by atoms with Gasteiger partial charge in [0.25, 0.3) is 0 Å². The molecule has 0 amide bonds. The molecule has 0 fully saturated rings. The first-order chi connectivity index (χ1) is 9.96. The molecule has 1 rings (SSSR count). The summed E-state index contributed by atoms with van der Waals surface area (Å²) < 4.78 is 111. The summed E-state index contributed by atoms with van der Waals surface area (Å²) in [6, 6.07) is 0. The Balaban J connectivity index is 3.84. The third kappa shape index (κ3) is 3.53. The molecule has 0 saturated carbocycles. The summed E-state index contributed by atoms with van der Waals surface area (Å²) in [6.45, 7) is 0. The predicted molar refractivity (Wildman–Crippen MR) is 50.9 cm³/mol. The van der Waals surface area contributed by atoms with Crippen LogP contribution in [0.15, 0.2) is 4.90 Å². The van der Waals surface area contributed by atoms with Crippen LogP contribution in [0.1, 0.15) is 11.1 Å². The van der Waals surface area contributed by atoms with E-state index in [2.05, 4.69) is 14.1 Å². The largest absolute Gasteiger partial charge is 0.691 e. The van der Waals surface area contributed by atoms with Crippen LogP contribution in [0.25, 0.3) is 0 Å². The number of rotatable bonds is 4. The van der Waals surface area contributed by atoms with Crippen molar-refractivity contribution in [3.8, 4) is 5.75 Å². The lowest BCUT2D eigenvalue weighted by Gasteiger charge is -2.21. The standard InChI is InChI=1S/C9H4F8O4S/c1-19-6-2(8(12,13)14)4(10)7(22-21-20-18)5(11)3(6)9(15,16)17/h18H,1H3/p-1. The van der Waals surface area contributed by atoms with Crippen LogP contribution in [0.2, 0.25) is 0 Å². The van der Waals surface area contributed by atoms with E-state index in [-0.39, 0.29) is 0 Å². The Labute approximate surface area is 120 Å². The normalized spacial score (nSPS) is 12.6. The van der Waals surface area contributed by atoms with Gasteiger partial charge in [-0.25, -0.2) is 8.78 Å². The van der Waals surface area contributed by atoms with E-state index in [1.54, 1.807) is 0 Å². The zero-order valence-electron chi connectivity index (χ0n) is 10.1. The number of alkyl halides is 6. The second kappa shape index (κ2) is 6.44. The SMILES string of the molecule is COc1c(C(F)(F)F)c(F)c(SOO[O-])c(F)c1C(F)(F)F. The minimum atomic E-state index is -5.64. The molecule has 0 aliphatic rings. The third-order valence-corrected chi connectivity index (χ3v) is 2.86. The summed E-state index contributed by atoms with van der Waals surface area (Å²) in [5, 5.41) is 12.2. The van der Waals surface area contributed by atoms with Crippen molar-refractivity contribution in [2.24, 2.45) is 0 Å². The summed E-state index contributed by atoms with van der Waals surface area (Å²) in [5.41, 5.74) is -5.00. The maximum Gasteiger partial charge on any atom is 0.422 e. The van der Waals surface area contributed by atoms with Gasteiger partial charge in [-0.1, -0.05) is 0 Å². The van der Waals surface area contributed by atoms with E-state index in [0.717, 1.165) is 0 Å². The van der Waals surface area contributed by atoms with E-state index in [9.17, 15) is 40.4 Å². The van der Waals surface area contributed by atoms with Crippen molar-refractivity contribution in [2.45, 2.75) is 17.2 Å². The predicted octanol–water partition coefficient (Wildman–Crippen LogP) is 3.24.